The van der Waals surface area contributed by atoms with Crippen LogP contribution in [-0.2, 0) is 0 Å². The third-order valence-electron chi connectivity index (χ3n) is 3.32. The van der Waals surface area contributed by atoms with Crippen molar-refractivity contribution in [2.75, 3.05) is 37.6 Å². The second kappa shape index (κ2) is 6.13. The van der Waals surface area contributed by atoms with E-state index in [1.54, 1.807) is 0 Å². The molecule has 18 heavy (non-hydrogen) atoms. The summed E-state index contributed by atoms with van der Waals surface area (Å²) >= 11 is 0. The fraction of sp³-hybridized carbons (Fsp3) is 0.615. The summed E-state index contributed by atoms with van der Waals surface area (Å²) in [5.41, 5.74) is 6.64. The van der Waals surface area contributed by atoms with Crippen LogP contribution in [-0.4, -0.2) is 53.9 Å². The van der Waals surface area contributed by atoms with Crippen LogP contribution in [0.5, 0.6) is 0 Å². The molecule has 0 aromatic carbocycles. The van der Waals surface area contributed by atoms with Crippen LogP contribution in [0.2, 0.25) is 0 Å². The van der Waals surface area contributed by atoms with Gasteiger partial charge in [-0.3, -0.25) is 4.90 Å². The van der Waals surface area contributed by atoms with Gasteiger partial charge in [0.1, 0.15) is 12.0 Å². The summed E-state index contributed by atoms with van der Waals surface area (Å²) in [6.45, 7) is 6.49. The quantitative estimate of drug-likeness (QED) is 0.749. The first-order valence-corrected chi connectivity index (χ1v) is 6.49. The molecule has 0 bridgehead atoms. The van der Waals surface area contributed by atoms with Crippen LogP contribution in [0.1, 0.15) is 12.0 Å². The van der Waals surface area contributed by atoms with Gasteiger partial charge < -0.3 is 15.7 Å². The van der Waals surface area contributed by atoms with Gasteiger partial charge in [-0.1, -0.05) is 6.07 Å². The number of aliphatic hydroxyl groups is 1. The van der Waals surface area contributed by atoms with Crippen LogP contribution in [0.3, 0.4) is 0 Å². The lowest BCUT2D eigenvalue weighted by Crippen LogP contribution is -2.39. The highest BCUT2D eigenvalue weighted by Crippen LogP contribution is 2.17. The number of β-amino-alcohol motifs (C(OH)–C–C–N with tert-alkyl or cyclic N) is 1. The van der Waals surface area contributed by atoms with Gasteiger partial charge in [-0.2, -0.15) is 0 Å². The molecule has 100 valence electrons. The lowest BCUT2D eigenvalue weighted by Gasteiger charge is -2.24. The van der Waals surface area contributed by atoms with Crippen LogP contribution in [0.15, 0.2) is 18.3 Å². The first-order valence-electron chi connectivity index (χ1n) is 6.49. The van der Waals surface area contributed by atoms with E-state index in [1.807, 2.05) is 12.3 Å². The Morgan fingerprint density at radius 2 is 2.22 bits per heavy atom. The molecule has 0 amide bonds. The van der Waals surface area contributed by atoms with E-state index in [0.29, 0.717) is 6.54 Å². The lowest BCUT2D eigenvalue weighted by atomic mass is 10.2. The molecular weight excluding hydrogens is 228 g/mol. The number of nitrogens with two attached hydrogens (primary N) is 1. The fourth-order valence-corrected chi connectivity index (χ4v) is 2.44. The molecule has 1 unspecified atom stereocenters. The number of anilines is 1. The van der Waals surface area contributed by atoms with Gasteiger partial charge in [0.15, 0.2) is 0 Å². The molecule has 1 aromatic rings. The van der Waals surface area contributed by atoms with Crippen molar-refractivity contribution >= 4 is 5.82 Å². The van der Waals surface area contributed by atoms with E-state index >= 15 is 0 Å². The Hall–Kier alpha value is -1.17. The van der Waals surface area contributed by atoms with E-state index in [4.69, 9.17) is 5.73 Å². The van der Waals surface area contributed by atoms with Crippen molar-refractivity contribution in [3.63, 3.8) is 0 Å². The van der Waals surface area contributed by atoms with Crippen molar-refractivity contribution in [1.29, 1.82) is 0 Å². The monoisotopic (exact) mass is 250 g/mol. The van der Waals surface area contributed by atoms with Crippen molar-refractivity contribution in [2.45, 2.75) is 19.6 Å². The minimum Gasteiger partial charge on any atom is -0.377 e. The second-order valence-electron chi connectivity index (χ2n) is 4.85. The van der Waals surface area contributed by atoms with Crippen LogP contribution >= 0.6 is 0 Å². The fourth-order valence-electron chi connectivity index (χ4n) is 2.44. The largest absolute Gasteiger partial charge is 0.377 e. The third kappa shape index (κ3) is 3.41. The standard InChI is InChI=1S/C13H22N4O/c1-11-4-2-5-15-13(11)17-7-3-6-16(8-9-17)10-12(14)18/h2,4-5,12,18H,3,6-10,14H2,1H3. The molecule has 5 nitrogen and oxygen atoms in total. The van der Waals surface area contributed by atoms with Gasteiger partial charge in [-0.15, -0.1) is 0 Å². The van der Waals surface area contributed by atoms with Gasteiger partial charge in [0.25, 0.3) is 0 Å². The highest BCUT2D eigenvalue weighted by molar-refractivity contribution is 5.45. The van der Waals surface area contributed by atoms with Gasteiger partial charge in [0.05, 0.1) is 0 Å². The maximum atomic E-state index is 9.23. The molecule has 1 saturated heterocycles. The number of aryl methyl sites for hydroxylation is 1. The Balaban J connectivity index is 1.99. The van der Waals surface area contributed by atoms with E-state index in [0.717, 1.165) is 38.4 Å². The highest BCUT2D eigenvalue weighted by Gasteiger charge is 2.17. The Kier molecular flexibility index (Phi) is 4.52. The number of hydrogen-bond acceptors (Lipinski definition) is 5. The first kappa shape index (κ1) is 13.3. The molecule has 1 aliphatic heterocycles. The Labute approximate surface area is 108 Å². The zero-order valence-electron chi connectivity index (χ0n) is 10.9. The maximum absolute atomic E-state index is 9.23. The molecule has 0 saturated carbocycles. The van der Waals surface area contributed by atoms with Crippen molar-refractivity contribution in [1.82, 2.24) is 9.88 Å². The summed E-state index contributed by atoms with van der Waals surface area (Å²) in [6.07, 6.45) is 2.17. The summed E-state index contributed by atoms with van der Waals surface area (Å²) in [6, 6.07) is 4.06. The van der Waals surface area contributed by atoms with Crippen LogP contribution in [0.25, 0.3) is 0 Å². The van der Waals surface area contributed by atoms with Crippen LogP contribution < -0.4 is 10.6 Å². The van der Waals surface area contributed by atoms with E-state index in [2.05, 4.69) is 27.8 Å². The molecular formula is C13H22N4O. The molecule has 3 N–H and O–H groups in total. The summed E-state index contributed by atoms with van der Waals surface area (Å²) in [7, 11) is 0. The highest BCUT2D eigenvalue weighted by atomic mass is 16.3. The SMILES string of the molecule is Cc1cccnc1N1CCCN(CC(N)O)CC1. The molecule has 1 atom stereocenters. The second-order valence-corrected chi connectivity index (χ2v) is 4.85. The molecule has 1 fully saturated rings. The van der Waals surface area contributed by atoms with Crippen molar-refractivity contribution in [3.05, 3.63) is 23.9 Å². The molecule has 2 heterocycles. The minimum absolute atomic E-state index is 0.551. The third-order valence-corrected chi connectivity index (χ3v) is 3.32. The Morgan fingerprint density at radius 1 is 1.39 bits per heavy atom. The zero-order chi connectivity index (χ0) is 13.0. The lowest BCUT2D eigenvalue weighted by molar-refractivity contribution is 0.121. The molecule has 2 rings (SSSR count). The van der Waals surface area contributed by atoms with Crippen molar-refractivity contribution in [2.24, 2.45) is 5.73 Å². The van der Waals surface area contributed by atoms with E-state index in [9.17, 15) is 5.11 Å². The van der Waals surface area contributed by atoms with Gasteiger partial charge in [0, 0.05) is 38.9 Å². The molecule has 1 aliphatic rings. The Morgan fingerprint density at radius 3 is 2.94 bits per heavy atom. The van der Waals surface area contributed by atoms with E-state index in [-0.39, 0.29) is 0 Å². The number of aromatic nitrogens is 1. The number of hydrogen-bond donors (Lipinski definition) is 2. The van der Waals surface area contributed by atoms with E-state index in [1.165, 1.54) is 5.56 Å². The Bertz CT molecular complexity index is 383. The average molecular weight is 250 g/mol. The molecule has 0 spiro atoms. The molecule has 5 heteroatoms. The van der Waals surface area contributed by atoms with Crippen molar-refractivity contribution < 1.29 is 5.11 Å². The topological polar surface area (TPSA) is 65.6 Å². The number of nitrogens with zero attached hydrogens (tertiary/aromatic N) is 3. The van der Waals surface area contributed by atoms with Gasteiger partial charge in [-0.25, -0.2) is 4.98 Å². The number of pyridine rings is 1. The molecule has 0 aliphatic carbocycles. The van der Waals surface area contributed by atoms with Gasteiger partial charge in [0.2, 0.25) is 0 Å². The first-order chi connectivity index (χ1) is 8.66. The molecule has 1 aromatic heterocycles. The predicted octanol–water partition coefficient (Wildman–Crippen LogP) is 0.179. The summed E-state index contributed by atoms with van der Waals surface area (Å²) < 4.78 is 0. The van der Waals surface area contributed by atoms with E-state index < -0.39 is 6.23 Å². The zero-order valence-corrected chi connectivity index (χ0v) is 10.9. The normalized spacial score (nSPS) is 19.6. The van der Waals surface area contributed by atoms with Crippen molar-refractivity contribution in [3.8, 4) is 0 Å². The number of aliphatic hydroxyl groups excluding tert-OH is 1. The average Bonchev–Trinajstić information content (AvgIpc) is 2.55. The smallest absolute Gasteiger partial charge is 0.131 e. The molecule has 0 radical (unpaired) electrons. The summed E-state index contributed by atoms with van der Waals surface area (Å²) in [5.74, 6) is 1.08. The maximum Gasteiger partial charge on any atom is 0.131 e. The predicted molar refractivity (Wildman–Crippen MR) is 72.4 cm³/mol. The van der Waals surface area contributed by atoms with Gasteiger partial charge >= 0.3 is 0 Å². The minimum atomic E-state index is -0.742. The van der Waals surface area contributed by atoms with Crippen LogP contribution in [0.4, 0.5) is 5.82 Å². The number of rotatable bonds is 3. The van der Waals surface area contributed by atoms with Gasteiger partial charge in [-0.05, 0) is 25.0 Å². The summed E-state index contributed by atoms with van der Waals surface area (Å²) in [5, 5.41) is 9.23. The van der Waals surface area contributed by atoms with Crippen LogP contribution in [0, 0.1) is 6.92 Å². The summed E-state index contributed by atoms with van der Waals surface area (Å²) in [4.78, 5) is 8.99.